The zero-order chi connectivity index (χ0) is 23.4. The summed E-state index contributed by atoms with van der Waals surface area (Å²) in [7, 11) is 1.30. The normalized spacial score (nSPS) is 11.9. The largest absolute Gasteiger partial charge is 0.480 e. The maximum Gasteiger partial charge on any atom is 0.325 e. The topological polar surface area (TPSA) is 122 Å². The number of nitrogens with one attached hydrogen (secondary N) is 2. The number of carbonyl (C=O) groups excluding carboxylic acids is 2. The summed E-state index contributed by atoms with van der Waals surface area (Å²) >= 11 is 0. The van der Waals surface area contributed by atoms with Crippen LogP contribution >= 0.6 is 0 Å². The van der Waals surface area contributed by atoms with Crippen molar-refractivity contribution in [1.29, 1.82) is 0 Å². The molecule has 3 rings (SSSR count). The number of rotatable bonds is 8. The summed E-state index contributed by atoms with van der Waals surface area (Å²) in [4.78, 5) is 40.3. The van der Waals surface area contributed by atoms with Crippen molar-refractivity contribution < 1.29 is 24.2 Å². The molecule has 0 saturated carbocycles. The Balaban J connectivity index is 2.11. The number of nitrogens with zero attached hydrogens (tertiary/aromatic N) is 2. The molecule has 9 heteroatoms. The highest BCUT2D eigenvalue weighted by Crippen LogP contribution is 2.31. The number of pyridine rings is 1. The molecule has 3 N–H and O–H groups in total. The van der Waals surface area contributed by atoms with Gasteiger partial charge in [0.05, 0.1) is 12.7 Å². The summed E-state index contributed by atoms with van der Waals surface area (Å²) in [6.45, 7) is 5.50. The van der Waals surface area contributed by atoms with Crippen molar-refractivity contribution >= 4 is 29.3 Å². The SMILES string of the molecule is COC(=O)CNc1c(-c2ccc(C(C)C)cc2)nc2c(C(=O)NC(C)C(=O)O)cccn12. The van der Waals surface area contributed by atoms with Gasteiger partial charge >= 0.3 is 11.9 Å². The minimum Gasteiger partial charge on any atom is -0.480 e. The number of methoxy groups -OCH3 is 1. The molecule has 0 bridgehead atoms. The number of carboxylic acid groups (broad SMARTS) is 1. The number of imidazole rings is 1. The van der Waals surface area contributed by atoms with Gasteiger partial charge in [0.15, 0.2) is 5.65 Å². The molecule has 1 aromatic carbocycles. The maximum atomic E-state index is 12.7. The zero-order valence-electron chi connectivity index (χ0n) is 18.4. The highest BCUT2D eigenvalue weighted by Gasteiger charge is 2.22. The van der Waals surface area contributed by atoms with Crippen LogP contribution in [0.15, 0.2) is 42.6 Å². The second kappa shape index (κ2) is 9.51. The van der Waals surface area contributed by atoms with Gasteiger partial charge in [-0.15, -0.1) is 0 Å². The maximum absolute atomic E-state index is 12.7. The van der Waals surface area contributed by atoms with Gasteiger partial charge in [-0.3, -0.25) is 18.8 Å². The van der Waals surface area contributed by atoms with Crippen molar-refractivity contribution in [2.45, 2.75) is 32.7 Å². The third-order valence-electron chi connectivity index (χ3n) is 5.09. The van der Waals surface area contributed by atoms with Gasteiger partial charge in [-0.25, -0.2) is 4.98 Å². The van der Waals surface area contributed by atoms with Crippen LogP contribution in [-0.4, -0.2) is 52.0 Å². The fraction of sp³-hybridized carbons (Fsp3) is 0.304. The van der Waals surface area contributed by atoms with Crippen molar-refractivity contribution in [3.05, 3.63) is 53.7 Å². The summed E-state index contributed by atoms with van der Waals surface area (Å²) in [5.41, 5.74) is 3.07. The Morgan fingerprint density at radius 2 is 1.81 bits per heavy atom. The van der Waals surface area contributed by atoms with Crippen LogP contribution in [0.5, 0.6) is 0 Å². The first-order valence-corrected chi connectivity index (χ1v) is 10.2. The Bertz CT molecular complexity index is 1150. The monoisotopic (exact) mass is 438 g/mol. The van der Waals surface area contributed by atoms with Crippen molar-refractivity contribution in [2.24, 2.45) is 0 Å². The lowest BCUT2D eigenvalue weighted by atomic mass is 10.0. The predicted octanol–water partition coefficient (Wildman–Crippen LogP) is 2.91. The molecule has 3 aromatic rings. The van der Waals surface area contributed by atoms with Crippen molar-refractivity contribution in [2.75, 3.05) is 19.0 Å². The molecule has 0 aliphatic heterocycles. The van der Waals surface area contributed by atoms with Gasteiger partial charge in [0.1, 0.15) is 24.1 Å². The highest BCUT2D eigenvalue weighted by molar-refractivity contribution is 6.02. The molecule has 9 nitrogen and oxygen atoms in total. The summed E-state index contributed by atoms with van der Waals surface area (Å²) in [6, 6.07) is 10.1. The number of aromatic nitrogens is 2. The molecular weight excluding hydrogens is 412 g/mol. The van der Waals surface area contributed by atoms with Gasteiger partial charge in [-0.2, -0.15) is 0 Å². The molecular formula is C23H26N4O5. The average Bonchev–Trinajstić information content (AvgIpc) is 3.15. The minimum atomic E-state index is -1.14. The second-order valence-corrected chi connectivity index (χ2v) is 7.66. The van der Waals surface area contributed by atoms with Crippen LogP contribution < -0.4 is 10.6 Å². The Morgan fingerprint density at radius 1 is 1.12 bits per heavy atom. The summed E-state index contributed by atoms with van der Waals surface area (Å²) in [6.07, 6.45) is 1.71. The molecule has 1 amide bonds. The Labute approximate surface area is 185 Å². The number of hydrogen-bond acceptors (Lipinski definition) is 6. The number of fused-ring (bicyclic) bond motifs is 1. The summed E-state index contributed by atoms with van der Waals surface area (Å²) in [5, 5.41) is 14.6. The lowest BCUT2D eigenvalue weighted by Crippen LogP contribution is -2.38. The van der Waals surface area contributed by atoms with E-state index in [1.54, 1.807) is 22.7 Å². The smallest absolute Gasteiger partial charge is 0.325 e. The number of ether oxygens (including phenoxy) is 1. The third kappa shape index (κ3) is 4.72. The first-order chi connectivity index (χ1) is 15.2. The van der Waals surface area contributed by atoms with Gasteiger partial charge in [-0.1, -0.05) is 38.1 Å². The standard InChI is InChI=1S/C23H26N4O5/c1-13(2)15-7-9-16(10-8-15)19-21(24-12-18(28)32-4)27-11-5-6-17(20(27)26-19)22(29)25-14(3)23(30)31/h5-11,13-14,24H,12H2,1-4H3,(H,25,29)(H,30,31). The molecule has 32 heavy (non-hydrogen) atoms. The van der Waals surface area contributed by atoms with E-state index in [4.69, 9.17) is 9.84 Å². The van der Waals surface area contributed by atoms with E-state index in [0.717, 1.165) is 5.56 Å². The quantitative estimate of drug-likeness (QED) is 0.462. The first-order valence-electron chi connectivity index (χ1n) is 10.2. The average molecular weight is 438 g/mol. The van der Waals surface area contributed by atoms with E-state index >= 15 is 0 Å². The molecule has 168 valence electrons. The molecule has 0 fully saturated rings. The van der Waals surface area contributed by atoms with Gasteiger partial charge in [0.25, 0.3) is 5.91 Å². The molecule has 0 aliphatic carbocycles. The van der Waals surface area contributed by atoms with Crippen LogP contribution in [0, 0.1) is 0 Å². The Hall–Kier alpha value is -3.88. The van der Waals surface area contributed by atoms with E-state index in [1.807, 2.05) is 24.3 Å². The van der Waals surface area contributed by atoms with Gasteiger partial charge in [-0.05, 0) is 30.5 Å². The van der Waals surface area contributed by atoms with Crippen LogP contribution in [0.4, 0.5) is 5.82 Å². The summed E-state index contributed by atoms with van der Waals surface area (Å²) < 4.78 is 6.39. The van der Waals surface area contributed by atoms with Crippen LogP contribution in [-0.2, 0) is 14.3 Å². The summed E-state index contributed by atoms with van der Waals surface area (Å²) in [5.74, 6) is -1.26. The van der Waals surface area contributed by atoms with Crippen molar-refractivity contribution in [3.8, 4) is 11.3 Å². The lowest BCUT2D eigenvalue weighted by molar-refractivity contribution is -0.139. The minimum absolute atomic E-state index is 0.0894. The van der Waals surface area contributed by atoms with Crippen LogP contribution in [0.25, 0.3) is 16.9 Å². The second-order valence-electron chi connectivity index (χ2n) is 7.66. The zero-order valence-corrected chi connectivity index (χ0v) is 18.4. The molecule has 2 aromatic heterocycles. The molecule has 0 aliphatic rings. The van der Waals surface area contributed by atoms with E-state index in [-0.39, 0.29) is 12.1 Å². The van der Waals surface area contributed by atoms with Crippen LogP contribution in [0.3, 0.4) is 0 Å². The third-order valence-corrected chi connectivity index (χ3v) is 5.09. The number of benzene rings is 1. The van der Waals surface area contributed by atoms with Gasteiger partial charge in [0.2, 0.25) is 0 Å². The fourth-order valence-corrected chi connectivity index (χ4v) is 3.21. The number of carboxylic acids is 1. The molecule has 1 unspecified atom stereocenters. The number of esters is 1. The van der Waals surface area contributed by atoms with E-state index in [1.165, 1.54) is 19.6 Å². The van der Waals surface area contributed by atoms with E-state index < -0.39 is 23.9 Å². The van der Waals surface area contributed by atoms with E-state index in [2.05, 4.69) is 29.5 Å². The molecule has 1 atom stereocenters. The van der Waals surface area contributed by atoms with Crippen LogP contribution in [0.1, 0.15) is 42.6 Å². The Morgan fingerprint density at radius 3 is 2.41 bits per heavy atom. The number of amides is 1. The van der Waals surface area contributed by atoms with Crippen LogP contribution in [0.2, 0.25) is 0 Å². The van der Waals surface area contributed by atoms with Crippen molar-refractivity contribution in [1.82, 2.24) is 14.7 Å². The number of hydrogen-bond donors (Lipinski definition) is 3. The lowest BCUT2D eigenvalue weighted by Gasteiger charge is -2.11. The molecule has 0 spiro atoms. The number of carbonyl (C=O) groups is 3. The highest BCUT2D eigenvalue weighted by atomic mass is 16.5. The number of anilines is 1. The van der Waals surface area contributed by atoms with E-state index in [0.29, 0.717) is 23.1 Å². The fourth-order valence-electron chi connectivity index (χ4n) is 3.21. The molecule has 0 radical (unpaired) electrons. The van der Waals surface area contributed by atoms with Gasteiger partial charge < -0.3 is 20.5 Å². The first kappa shape index (κ1) is 22.8. The van der Waals surface area contributed by atoms with Gasteiger partial charge in [0, 0.05) is 11.8 Å². The van der Waals surface area contributed by atoms with E-state index in [9.17, 15) is 14.4 Å². The number of aliphatic carboxylic acids is 1. The molecule has 2 heterocycles. The molecule has 0 saturated heterocycles. The predicted molar refractivity (Wildman–Crippen MR) is 120 cm³/mol. The Kier molecular flexibility index (Phi) is 6.77. The van der Waals surface area contributed by atoms with Crippen molar-refractivity contribution in [3.63, 3.8) is 0 Å².